The first-order valence-electron chi connectivity index (χ1n) is 5.63. The van der Waals surface area contributed by atoms with Gasteiger partial charge in [-0.3, -0.25) is 0 Å². The molecule has 0 aromatic rings. The molecule has 0 spiro atoms. The molecule has 2 aliphatic rings. The quantitative estimate of drug-likeness (QED) is 0.477. The average molecular weight is 368 g/mol. The third-order valence-corrected chi connectivity index (χ3v) is 5.84. The fraction of sp³-hybridized carbons (Fsp3) is 0.750. The first-order chi connectivity index (χ1) is 7.56. The summed E-state index contributed by atoms with van der Waals surface area (Å²) < 4.78 is 1.84. The second kappa shape index (κ2) is 8.99. The molecule has 2 atom stereocenters. The van der Waals surface area contributed by atoms with Crippen LogP contribution in [0.1, 0.15) is 32.6 Å². The van der Waals surface area contributed by atoms with Crippen molar-refractivity contribution in [1.29, 1.82) is 0 Å². The predicted octanol–water partition coefficient (Wildman–Crippen LogP) is 3.48. The molecule has 2 nitrogen and oxygen atoms in total. The largest absolute Gasteiger partial charge is 0.358 e. The molecular weight excluding hydrogens is 344 g/mol. The minimum Gasteiger partial charge on any atom is -0.358 e. The molecule has 5 heteroatoms. The van der Waals surface area contributed by atoms with Crippen LogP contribution in [0.2, 0.25) is 0 Å². The van der Waals surface area contributed by atoms with Crippen LogP contribution >= 0.6 is 19.4 Å². The average Bonchev–Trinajstić information content (AvgIpc) is 2.56. The van der Waals surface area contributed by atoms with E-state index in [2.05, 4.69) is 30.6 Å². The third kappa shape index (κ3) is 5.65. The summed E-state index contributed by atoms with van der Waals surface area (Å²) in [7, 11) is 15.0. The van der Waals surface area contributed by atoms with Crippen LogP contribution in [0.4, 0.5) is 0 Å². The van der Waals surface area contributed by atoms with Gasteiger partial charge in [-0.2, -0.15) is 0 Å². The zero-order chi connectivity index (χ0) is 12.1. The van der Waals surface area contributed by atoms with Crippen molar-refractivity contribution in [2.75, 3.05) is 14.1 Å². The van der Waals surface area contributed by atoms with E-state index in [4.69, 9.17) is 19.4 Å². The molecule has 1 heterocycles. The van der Waals surface area contributed by atoms with Gasteiger partial charge in [0.25, 0.3) is 0 Å². The van der Waals surface area contributed by atoms with Gasteiger partial charge in [-0.15, -0.1) is 0 Å². The monoisotopic (exact) mass is 368 g/mol. The first kappa shape index (κ1) is 18.0. The minimum atomic E-state index is -1.36. The number of nitrogens with zero attached hydrogens (tertiary/aromatic N) is 2. The molecule has 1 aliphatic carbocycles. The van der Waals surface area contributed by atoms with Crippen LogP contribution < -0.4 is 0 Å². The van der Waals surface area contributed by atoms with Crippen LogP contribution in [0.3, 0.4) is 0 Å². The van der Waals surface area contributed by atoms with Gasteiger partial charge in [-0.25, -0.2) is 6.67 Å². The van der Waals surface area contributed by atoms with Gasteiger partial charge in [0.2, 0.25) is 0 Å². The molecule has 0 N–H and O–H groups in total. The molecule has 0 bridgehead atoms. The molecule has 1 aliphatic heterocycles. The van der Waals surface area contributed by atoms with Crippen molar-refractivity contribution >= 4 is 24.0 Å². The Balaban J connectivity index is 0.000000373. The normalized spacial score (nSPS) is 29.6. The number of halogens is 2. The second-order valence-electron chi connectivity index (χ2n) is 4.27. The molecule has 0 aromatic heterocycles. The van der Waals surface area contributed by atoms with E-state index in [0.717, 1.165) is 12.1 Å². The van der Waals surface area contributed by atoms with Crippen molar-refractivity contribution in [3.63, 3.8) is 0 Å². The molecule has 17 heavy (non-hydrogen) atoms. The number of hydrogen-bond acceptors (Lipinski definition) is 2. The van der Waals surface area contributed by atoms with Crippen LogP contribution in [-0.4, -0.2) is 40.6 Å². The van der Waals surface area contributed by atoms with Crippen LogP contribution in [0.5, 0.6) is 0 Å². The SMILES string of the molecule is CN1[CH-]N(C)[C@@H]2CCCC[C@H]21.C[CH]=[Ru]([Cl])[Cl].[CH3-]. The maximum absolute atomic E-state index is 5.32. The maximum atomic E-state index is 5.32. The van der Waals surface area contributed by atoms with Gasteiger partial charge in [-0.05, 0) is 39.0 Å². The molecule has 0 radical (unpaired) electrons. The number of likely N-dealkylation sites (N-methyl/N-ethyl adjacent to an activating group) is 2. The van der Waals surface area contributed by atoms with Gasteiger partial charge in [0.15, 0.2) is 0 Å². The molecule has 106 valence electrons. The zero-order valence-electron chi connectivity index (χ0n) is 11.1. The number of hydrogen-bond donors (Lipinski definition) is 0. The molecule has 2 rings (SSSR count). The third-order valence-electron chi connectivity index (χ3n) is 3.26. The van der Waals surface area contributed by atoms with Crippen LogP contribution in [-0.2, 0) is 13.5 Å². The summed E-state index contributed by atoms with van der Waals surface area (Å²) >= 11 is -1.36. The van der Waals surface area contributed by atoms with E-state index in [1.807, 2.05) is 11.5 Å². The molecule has 1 saturated heterocycles. The summed E-state index contributed by atoms with van der Waals surface area (Å²) in [5.74, 6) is 0. The Kier molecular flexibility index (Phi) is 9.51. The summed E-state index contributed by atoms with van der Waals surface area (Å²) in [6, 6.07) is 1.63. The fourth-order valence-electron chi connectivity index (χ4n) is 2.50. The Morgan fingerprint density at radius 1 is 1.12 bits per heavy atom. The Bertz CT molecular complexity index is 229. The van der Waals surface area contributed by atoms with Gasteiger partial charge in [0, 0.05) is 0 Å². The van der Waals surface area contributed by atoms with E-state index in [1.165, 1.54) is 25.7 Å². The van der Waals surface area contributed by atoms with Crippen LogP contribution in [0.15, 0.2) is 0 Å². The summed E-state index contributed by atoms with van der Waals surface area (Å²) in [4.78, 5) is 4.76. The van der Waals surface area contributed by atoms with Gasteiger partial charge < -0.3 is 17.2 Å². The van der Waals surface area contributed by atoms with E-state index in [-0.39, 0.29) is 7.43 Å². The number of fused-ring (bicyclic) bond motifs is 1. The van der Waals surface area contributed by atoms with Crippen molar-refractivity contribution in [1.82, 2.24) is 9.80 Å². The topological polar surface area (TPSA) is 6.48 Å². The van der Waals surface area contributed by atoms with E-state index < -0.39 is 13.5 Å². The smallest absolute Gasteiger partial charge is 0.358 e. The van der Waals surface area contributed by atoms with E-state index >= 15 is 0 Å². The Morgan fingerprint density at radius 3 is 1.76 bits per heavy atom. The zero-order valence-corrected chi connectivity index (χ0v) is 14.4. The van der Waals surface area contributed by atoms with Crippen molar-refractivity contribution in [2.45, 2.75) is 44.7 Å². The van der Waals surface area contributed by atoms with Crippen LogP contribution in [0, 0.1) is 14.1 Å². The summed E-state index contributed by atoms with van der Waals surface area (Å²) in [5, 5.41) is 0. The predicted molar refractivity (Wildman–Crippen MR) is 75.7 cm³/mol. The molecule has 1 saturated carbocycles. The Morgan fingerprint density at radius 2 is 1.47 bits per heavy atom. The fourth-order valence-corrected chi connectivity index (χ4v) is 2.50. The van der Waals surface area contributed by atoms with Gasteiger partial charge in [0.05, 0.1) is 0 Å². The van der Waals surface area contributed by atoms with E-state index in [0.29, 0.717) is 0 Å². The van der Waals surface area contributed by atoms with Crippen molar-refractivity contribution in [3.05, 3.63) is 14.1 Å². The Labute approximate surface area is 120 Å². The van der Waals surface area contributed by atoms with Gasteiger partial charge in [-0.1, -0.05) is 12.8 Å². The molecule has 0 amide bonds. The van der Waals surface area contributed by atoms with E-state index in [9.17, 15) is 0 Å². The van der Waals surface area contributed by atoms with Gasteiger partial charge in [0.1, 0.15) is 0 Å². The summed E-state index contributed by atoms with van der Waals surface area (Å²) in [6.07, 6.45) is 5.63. The van der Waals surface area contributed by atoms with Crippen molar-refractivity contribution in [2.24, 2.45) is 0 Å². The number of rotatable bonds is 0. The summed E-state index contributed by atoms with van der Waals surface area (Å²) in [5.41, 5.74) is 0. The second-order valence-corrected chi connectivity index (χ2v) is 10.5. The van der Waals surface area contributed by atoms with Crippen molar-refractivity contribution < 1.29 is 13.5 Å². The molecular formula is C12H24Cl2N2Ru-2. The van der Waals surface area contributed by atoms with Crippen molar-refractivity contribution in [3.8, 4) is 0 Å². The Hall–Kier alpha value is 0.993. The standard InChI is InChI=1S/C9H17N2.C2H4.CH3.2ClH.Ru/c1-10-7-11(2)9-6-4-3-5-8(9)10;1-2;;;;/h7-9H,3-6H2,1-2H3;1H,2H3;1H3;2*1H;/q-1;;-1;;;+2/p-2/t8-,9-;;;;;/m1...../s1. The maximum Gasteiger partial charge on any atom is -0.358 e. The van der Waals surface area contributed by atoms with E-state index in [1.54, 1.807) is 0 Å². The first-order valence-corrected chi connectivity index (χ1v) is 11.1. The molecule has 0 unspecified atom stereocenters. The summed E-state index contributed by atoms with van der Waals surface area (Å²) in [6.45, 7) is 4.12. The minimum absolute atomic E-state index is 0. The van der Waals surface area contributed by atoms with Crippen LogP contribution in [0.25, 0.3) is 0 Å². The molecule has 2 fully saturated rings. The molecule has 0 aromatic carbocycles. The van der Waals surface area contributed by atoms with Gasteiger partial charge >= 0.3 is 44.4 Å².